The Morgan fingerprint density at radius 2 is 2.13 bits per heavy atom. The third-order valence-corrected chi connectivity index (χ3v) is 2.32. The van der Waals surface area contributed by atoms with Gasteiger partial charge >= 0.3 is 0 Å². The van der Waals surface area contributed by atoms with Crippen molar-refractivity contribution in [2.75, 3.05) is 6.26 Å². The molecule has 1 aromatic carbocycles. The lowest BCUT2D eigenvalue weighted by atomic mass is 10.2. The highest BCUT2D eigenvalue weighted by atomic mass is 32.2. The van der Waals surface area contributed by atoms with Gasteiger partial charge in [0.15, 0.2) is 0 Å². The monoisotopic (exact) mass is 218 g/mol. The number of benzene rings is 1. The molecule has 0 atom stereocenters. The minimum atomic E-state index is 0.531. The predicted molar refractivity (Wildman–Crippen MR) is 61.9 cm³/mol. The van der Waals surface area contributed by atoms with Crippen molar-refractivity contribution in [2.45, 2.75) is 5.16 Å². The van der Waals surface area contributed by atoms with E-state index in [4.69, 9.17) is 0 Å². The molecule has 0 aliphatic rings. The van der Waals surface area contributed by atoms with E-state index in [0.717, 1.165) is 5.56 Å². The van der Waals surface area contributed by atoms with Gasteiger partial charge < -0.3 is 0 Å². The Hall–Kier alpha value is -1.62. The van der Waals surface area contributed by atoms with Crippen LogP contribution in [-0.2, 0) is 0 Å². The highest BCUT2D eigenvalue weighted by Crippen LogP contribution is 2.11. The van der Waals surface area contributed by atoms with Crippen LogP contribution in [0.4, 0.5) is 5.95 Å². The van der Waals surface area contributed by atoms with Gasteiger partial charge in [-0.05, 0) is 11.8 Å². The molecule has 5 heteroatoms. The van der Waals surface area contributed by atoms with Crippen molar-refractivity contribution < 1.29 is 0 Å². The normalized spacial score (nSPS) is 11.0. The van der Waals surface area contributed by atoms with Gasteiger partial charge in [0.2, 0.25) is 11.1 Å². The van der Waals surface area contributed by atoms with E-state index in [-0.39, 0.29) is 0 Å². The number of nitrogens with one attached hydrogen (secondary N) is 1. The Balaban J connectivity index is 2.11. The number of aromatic nitrogens is 3. The van der Waals surface area contributed by atoms with Crippen LogP contribution in [-0.4, -0.2) is 27.7 Å². The van der Waals surface area contributed by atoms with E-state index in [1.807, 2.05) is 36.6 Å². The number of H-pyrrole nitrogens is 1. The minimum Gasteiger partial charge on any atom is -0.242 e. The lowest BCUT2D eigenvalue weighted by Gasteiger charge is -1.88. The zero-order valence-electron chi connectivity index (χ0n) is 8.21. The number of nitrogens with zero attached hydrogens (tertiary/aromatic N) is 3. The molecule has 0 aliphatic carbocycles. The largest absolute Gasteiger partial charge is 0.246 e. The van der Waals surface area contributed by atoms with Gasteiger partial charge in [-0.25, -0.2) is 10.1 Å². The predicted octanol–water partition coefficient (Wildman–Crippen LogP) is 2.28. The average Bonchev–Trinajstić information content (AvgIpc) is 2.76. The molecule has 0 bridgehead atoms. The minimum absolute atomic E-state index is 0.531. The molecule has 1 heterocycles. The standard InChI is InChI=1S/C10H10N4S/c1-15-10-12-9(13-14-10)11-7-8-5-3-2-4-6-8/h2-7H,1H3,(H,12,13,14)/b11-7+. The van der Waals surface area contributed by atoms with Crippen LogP contribution < -0.4 is 0 Å². The van der Waals surface area contributed by atoms with Crippen molar-refractivity contribution in [3.8, 4) is 0 Å². The van der Waals surface area contributed by atoms with Crippen molar-refractivity contribution in [2.24, 2.45) is 4.99 Å². The van der Waals surface area contributed by atoms with Crippen LogP contribution in [0.3, 0.4) is 0 Å². The van der Waals surface area contributed by atoms with Crippen molar-refractivity contribution in [3.05, 3.63) is 35.9 Å². The molecule has 0 aliphatic heterocycles. The first-order chi connectivity index (χ1) is 7.38. The van der Waals surface area contributed by atoms with Crippen molar-refractivity contribution >= 4 is 23.9 Å². The fourth-order valence-corrected chi connectivity index (χ4v) is 1.38. The molecule has 0 unspecified atom stereocenters. The second-order valence-electron chi connectivity index (χ2n) is 2.81. The third-order valence-electron chi connectivity index (χ3n) is 1.77. The molecule has 0 saturated carbocycles. The zero-order valence-corrected chi connectivity index (χ0v) is 9.03. The molecule has 0 saturated heterocycles. The molecule has 76 valence electrons. The number of thioether (sulfide) groups is 1. The van der Waals surface area contributed by atoms with Gasteiger partial charge in [-0.2, -0.15) is 4.98 Å². The quantitative estimate of drug-likeness (QED) is 0.635. The average molecular weight is 218 g/mol. The number of aromatic amines is 1. The van der Waals surface area contributed by atoms with Gasteiger partial charge in [-0.15, -0.1) is 5.10 Å². The van der Waals surface area contributed by atoms with E-state index < -0.39 is 0 Å². The number of rotatable bonds is 3. The SMILES string of the molecule is CSc1n[nH]c(/N=C/c2ccccc2)n1. The summed E-state index contributed by atoms with van der Waals surface area (Å²) in [5.74, 6) is 0.531. The van der Waals surface area contributed by atoms with Gasteiger partial charge in [0.1, 0.15) is 0 Å². The summed E-state index contributed by atoms with van der Waals surface area (Å²) in [6.45, 7) is 0. The maximum Gasteiger partial charge on any atom is 0.246 e. The first kappa shape index (κ1) is 9.92. The molecular formula is C10H10N4S. The van der Waals surface area contributed by atoms with E-state index >= 15 is 0 Å². The van der Waals surface area contributed by atoms with Crippen LogP contribution >= 0.6 is 11.8 Å². The van der Waals surface area contributed by atoms with Crippen LogP contribution in [0.25, 0.3) is 0 Å². The van der Waals surface area contributed by atoms with E-state index in [1.165, 1.54) is 11.8 Å². The Morgan fingerprint density at radius 1 is 1.33 bits per heavy atom. The molecule has 2 rings (SSSR count). The summed E-state index contributed by atoms with van der Waals surface area (Å²) in [4.78, 5) is 8.32. The van der Waals surface area contributed by atoms with Crippen LogP contribution in [0.5, 0.6) is 0 Å². The van der Waals surface area contributed by atoms with Crippen LogP contribution in [0.15, 0.2) is 40.5 Å². The molecule has 0 amide bonds. The van der Waals surface area contributed by atoms with Gasteiger partial charge in [0.25, 0.3) is 0 Å². The molecule has 0 spiro atoms. The fraction of sp³-hybridized carbons (Fsp3) is 0.100. The Morgan fingerprint density at radius 3 is 2.80 bits per heavy atom. The van der Waals surface area contributed by atoms with Gasteiger partial charge in [0.05, 0.1) is 0 Å². The van der Waals surface area contributed by atoms with Gasteiger partial charge in [-0.1, -0.05) is 42.1 Å². The summed E-state index contributed by atoms with van der Waals surface area (Å²) in [5, 5.41) is 7.41. The molecule has 4 nitrogen and oxygen atoms in total. The van der Waals surface area contributed by atoms with E-state index in [9.17, 15) is 0 Å². The molecular weight excluding hydrogens is 208 g/mol. The second-order valence-corrected chi connectivity index (χ2v) is 3.59. The fourth-order valence-electron chi connectivity index (χ4n) is 1.06. The molecule has 0 radical (unpaired) electrons. The summed E-state index contributed by atoms with van der Waals surface area (Å²) in [6, 6.07) is 9.87. The molecule has 0 fully saturated rings. The Kier molecular flexibility index (Phi) is 3.14. The summed E-state index contributed by atoms with van der Waals surface area (Å²) in [7, 11) is 0. The number of hydrogen-bond donors (Lipinski definition) is 1. The lowest BCUT2D eigenvalue weighted by molar-refractivity contribution is 0.976. The van der Waals surface area contributed by atoms with E-state index in [2.05, 4.69) is 20.2 Å². The topological polar surface area (TPSA) is 53.9 Å². The van der Waals surface area contributed by atoms with Crippen LogP contribution in [0.2, 0.25) is 0 Å². The van der Waals surface area contributed by atoms with Crippen LogP contribution in [0, 0.1) is 0 Å². The van der Waals surface area contributed by atoms with Crippen molar-refractivity contribution in [1.82, 2.24) is 15.2 Å². The maximum absolute atomic E-state index is 4.18. The third kappa shape index (κ3) is 2.66. The number of hydrogen-bond acceptors (Lipinski definition) is 4. The summed E-state index contributed by atoms with van der Waals surface area (Å²) < 4.78 is 0. The molecule has 2 aromatic rings. The van der Waals surface area contributed by atoms with Crippen molar-refractivity contribution in [1.29, 1.82) is 0 Å². The first-order valence-electron chi connectivity index (χ1n) is 4.44. The number of aliphatic imine (C=N–C) groups is 1. The summed E-state index contributed by atoms with van der Waals surface area (Å²) in [5.41, 5.74) is 1.04. The lowest BCUT2D eigenvalue weighted by Crippen LogP contribution is -1.78. The van der Waals surface area contributed by atoms with E-state index in [0.29, 0.717) is 11.1 Å². The zero-order chi connectivity index (χ0) is 10.5. The summed E-state index contributed by atoms with van der Waals surface area (Å²) >= 11 is 1.48. The molecule has 1 N–H and O–H groups in total. The van der Waals surface area contributed by atoms with Gasteiger partial charge in [0, 0.05) is 6.21 Å². The summed E-state index contributed by atoms with van der Waals surface area (Å²) in [6.07, 6.45) is 3.68. The molecule has 1 aromatic heterocycles. The maximum atomic E-state index is 4.18. The highest BCUT2D eigenvalue weighted by molar-refractivity contribution is 7.98. The first-order valence-corrected chi connectivity index (χ1v) is 5.66. The van der Waals surface area contributed by atoms with Crippen molar-refractivity contribution in [3.63, 3.8) is 0 Å². The van der Waals surface area contributed by atoms with E-state index in [1.54, 1.807) is 6.21 Å². The smallest absolute Gasteiger partial charge is 0.242 e. The van der Waals surface area contributed by atoms with Gasteiger partial charge in [-0.3, -0.25) is 0 Å². The van der Waals surface area contributed by atoms with Crippen LogP contribution in [0.1, 0.15) is 5.56 Å². The highest BCUT2D eigenvalue weighted by Gasteiger charge is 1.97. The Bertz CT molecular complexity index is 449. The molecule has 15 heavy (non-hydrogen) atoms. The second kappa shape index (κ2) is 4.75. The Labute approximate surface area is 91.9 Å².